The van der Waals surface area contributed by atoms with Crippen LogP contribution in [0, 0.1) is 17.3 Å². The lowest BCUT2D eigenvalue weighted by atomic mass is 9.86. The van der Waals surface area contributed by atoms with Gasteiger partial charge in [0.1, 0.15) is 6.61 Å². The molecule has 0 radical (unpaired) electrons. The van der Waals surface area contributed by atoms with E-state index < -0.39 is 5.12 Å². The van der Waals surface area contributed by atoms with Gasteiger partial charge in [-0.15, -0.1) is 0 Å². The molecule has 0 amide bonds. The molecular weight excluding hydrogens is 296 g/mol. The molecule has 3 saturated heterocycles. The molecule has 3 aliphatic heterocycles. The van der Waals surface area contributed by atoms with E-state index in [1.807, 2.05) is 18.2 Å². The molecule has 22 heavy (non-hydrogen) atoms. The highest BCUT2D eigenvalue weighted by Gasteiger charge is 2.53. The van der Waals surface area contributed by atoms with Gasteiger partial charge in [-0.2, -0.15) is 0 Å². The zero-order valence-electron chi connectivity index (χ0n) is 13.2. The Hall–Kier alpha value is -0.990. The largest absolute Gasteiger partial charge is 0.372 e. The number of benzene rings is 1. The monoisotopic (exact) mass is 318 g/mol. The van der Waals surface area contributed by atoms with Crippen molar-refractivity contribution in [1.29, 1.82) is 0 Å². The molecule has 0 aliphatic carbocycles. The van der Waals surface area contributed by atoms with Crippen molar-refractivity contribution in [3.63, 3.8) is 0 Å². The summed E-state index contributed by atoms with van der Waals surface area (Å²) in [5.74, 6) is 7.28. The van der Waals surface area contributed by atoms with E-state index in [-0.39, 0.29) is 5.41 Å². The van der Waals surface area contributed by atoms with Gasteiger partial charge in [-0.25, -0.2) is 0 Å². The van der Waals surface area contributed by atoms with Gasteiger partial charge in [0.05, 0.1) is 13.2 Å². The average molecular weight is 318 g/mol. The Labute approximate surface area is 136 Å². The molecule has 0 aromatic heterocycles. The summed E-state index contributed by atoms with van der Waals surface area (Å²) in [4.78, 5) is 0. The molecule has 3 aliphatic rings. The molecule has 3 heterocycles. The number of rotatable bonds is 4. The molecule has 0 N–H and O–H groups in total. The highest BCUT2D eigenvalue weighted by atomic mass is 32.2. The Bertz CT molecular complexity index is 563. The van der Waals surface area contributed by atoms with Crippen molar-refractivity contribution in [1.82, 2.24) is 0 Å². The van der Waals surface area contributed by atoms with Crippen LogP contribution in [0.2, 0.25) is 0 Å². The maximum Gasteiger partial charge on any atom is 0.247 e. The van der Waals surface area contributed by atoms with Gasteiger partial charge >= 0.3 is 0 Å². The van der Waals surface area contributed by atoms with Crippen LogP contribution in [0.15, 0.2) is 24.3 Å². The van der Waals surface area contributed by atoms with Crippen molar-refractivity contribution < 1.29 is 14.2 Å². The lowest BCUT2D eigenvalue weighted by Crippen LogP contribution is -2.53. The number of hydrogen-bond donors (Lipinski definition) is 0. The predicted octanol–water partition coefficient (Wildman–Crippen LogP) is 3.37. The molecule has 2 bridgehead atoms. The summed E-state index contributed by atoms with van der Waals surface area (Å²) in [7, 11) is 1.65. The molecule has 3 nitrogen and oxygen atoms in total. The van der Waals surface area contributed by atoms with Crippen molar-refractivity contribution in [2.24, 2.45) is 5.41 Å². The van der Waals surface area contributed by atoms with Gasteiger partial charge in [0, 0.05) is 29.4 Å². The van der Waals surface area contributed by atoms with E-state index in [1.54, 1.807) is 18.9 Å². The van der Waals surface area contributed by atoms with Crippen molar-refractivity contribution in [3.05, 3.63) is 35.4 Å². The third-order valence-corrected chi connectivity index (χ3v) is 5.77. The van der Waals surface area contributed by atoms with Crippen LogP contribution in [-0.4, -0.2) is 32.7 Å². The number of thioether (sulfide) groups is 1. The fourth-order valence-corrected chi connectivity index (χ4v) is 4.46. The summed E-state index contributed by atoms with van der Waals surface area (Å²) in [6.45, 7) is 4.19. The summed E-state index contributed by atoms with van der Waals surface area (Å²) in [5.41, 5.74) is 2.17. The Kier molecular flexibility index (Phi) is 4.79. The van der Waals surface area contributed by atoms with Gasteiger partial charge < -0.3 is 14.2 Å². The summed E-state index contributed by atoms with van der Waals surface area (Å²) < 4.78 is 17.4. The van der Waals surface area contributed by atoms with E-state index in [0.29, 0.717) is 6.61 Å². The van der Waals surface area contributed by atoms with Crippen molar-refractivity contribution >= 4 is 11.8 Å². The van der Waals surface area contributed by atoms with Crippen LogP contribution in [-0.2, 0) is 19.3 Å². The standard InChI is InChI=1S/C18H22O3S/c1-3-10-17-12-20-18(21-13-17,22-14-17)16-9-5-4-7-15(16)8-6-11-19-2/h4-5,7,9H,3,10-14H2,1-2H3. The second-order valence-electron chi connectivity index (χ2n) is 5.95. The first-order valence-electron chi connectivity index (χ1n) is 7.73. The zero-order valence-corrected chi connectivity index (χ0v) is 14.0. The van der Waals surface area contributed by atoms with Crippen molar-refractivity contribution in [2.45, 2.75) is 24.9 Å². The van der Waals surface area contributed by atoms with E-state index in [0.717, 1.165) is 36.5 Å². The summed E-state index contributed by atoms with van der Waals surface area (Å²) in [5, 5.41) is -0.687. The van der Waals surface area contributed by atoms with E-state index in [1.165, 1.54) is 6.42 Å². The summed E-state index contributed by atoms with van der Waals surface area (Å²) in [6, 6.07) is 8.08. The second kappa shape index (κ2) is 6.64. The van der Waals surface area contributed by atoms with Crippen LogP contribution in [0.4, 0.5) is 0 Å². The first-order valence-corrected chi connectivity index (χ1v) is 8.71. The fourth-order valence-electron chi connectivity index (χ4n) is 3.04. The molecular formula is C18H22O3S. The number of ether oxygens (including phenoxy) is 3. The molecule has 3 fully saturated rings. The van der Waals surface area contributed by atoms with Gasteiger partial charge in [-0.3, -0.25) is 0 Å². The molecule has 0 saturated carbocycles. The SMILES string of the molecule is CCCC12COC(c3ccccc3C#CCOC)(OC1)SC2. The van der Waals surface area contributed by atoms with E-state index >= 15 is 0 Å². The molecule has 4 heteroatoms. The number of methoxy groups -OCH3 is 1. The van der Waals surface area contributed by atoms with Gasteiger partial charge in [-0.1, -0.05) is 55.1 Å². The summed E-state index contributed by atoms with van der Waals surface area (Å²) >= 11 is 1.76. The molecule has 1 aromatic carbocycles. The molecule has 0 unspecified atom stereocenters. The Morgan fingerprint density at radius 2 is 2.05 bits per heavy atom. The molecule has 0 atom stereocenters. The lowest BCUT2D eigenvalue weighted by Gasteiger charge is -2.52. The number of fused-ring (bicyclic) bond motifs is 3. The molecule has 0 spiro atoms. The first-order chi connectivity index (χ1) is 10.7. The van der Waals surface area contributed by atoms with Crippen LogP contribution in [0.3, 0.4) is 0 Å². The number of hydrogen-bond acceptors (Lipinski definition) is 4. The molecule has 4 rings (SSSR count). The molecule has 1 aromatic rings. The molecule has 118 valence electrons. The van der Waals surface area contributed by atoms with Crippen LogP contribution >= 0.6 is 11.8 Å². The van der Waals surface area contributed by atoms with Gasteiger partial charge in [0.25, 0.3) is 0 Å². The third-order valence-electron chi connectivity index (χ3n) is 4.18. The average Bonchev–Trinajstić information content (AvgIpc) is 2.57. The first kappa shape index (κ1) is 15.9. The van der Waals surface area contributed by atoms with E-state index in [9.17, 15) is 0 Å². The lowest BCUT2D eigenvalue weighted by molar-refractivity contribution is -0.266. The smallest absolute Gasteiger partial charge is 0.247 e. The summed E-state index contributed by atoms with van der Waals surface area (Å²) in [6.07, 6.45) is 2.32. The van der Waals surface area contributed by atoms with Gasteiger partial charge in [0.2, 0.25) is 5.12 Å². The Balaban J connectivity index is 1.86. The highest BCUT2D eigenvalue weighted by molar-refractivity contribution is 8.00. The minimum absolute atomic E-state index is 0.192. The predicted molar refractivity (Wildman–Crippen MR) is 88.6 cm³/mol. The Morgan fingerprint density at radius 1 is 1.27 bits per heavy atom. The fraction of sp³-hybridized carbons (Fsp3) is 0.556. The minimum atomic E-state index is -0.687. The zero-order chi connectivity index (χ0) is 15.5. The van der Waals surface area contributed by atoms with Crippen LogP contribution < -0.4 is 0 Å². The third kappa shape index (κ3) is 2.91. The quantitative estimate of drug-likeness (QED) is 0.796. The van der Waals surface area contributed by atoms with Gasteiger partial charge in [-0.05, 0) is 12.5 Å². The van der Waals surface area contributed by atoms with Crippen LogP contribution in [0.25, 0.3) is 0 Å². The second-order valence-corrected chi connectivity index (χ2v) is 7.07. The van der Waals surface area contributed by atoms with Crippen molar-refractivity contribution in [3.8, 4) is 11.8 Å². The Morgan fingerprint density at radius 3 is 2.68 bits per heavy atom. The van der Waals surface area contributed by atoms with E-state index in [2.05, 4.69) is 24.8 Å². The normalized spacial score (nSPS) is 29.9. The van der Waals surface area contributed by atoms with Crippen molar-refractivity contribution in [2.75, 3.05) is 32.7 Å². The maximum atomic E-state index is 6.20. The van der Waals surface area contributed by atoms with Gasteiger partial charge in [0.15, 0.2) is 0 Å². The van der Waals surface area contributed by atoms with Crippen LogP contribution in [0.1, 0.15) is 30.9 Å². The minimum Gasteiger partial charge on any atom is -0.372 e. The van der Waals surface area contributed by atoms with E-state index in [4.69, 9.17) is 14.2 Å². The topological polar surface area (TPSA) is 27.7 Å². The maximum absolute atomic E-state index is 6.20. The van der Waals surface area contributed by atoms with Crippen LogP contribution in [0.5, 0.6) is 0 Å². The highest BCUT2D eigenvalue weighted by Crippen LogP contribution is 2.54.